The highest BCUT2D eigenvalue weighted by molar-refractivity contribution is 5.80. The van der Waals surface area contributed by atoms with Crippen LogP contribution in [0, 0.1) is 34.4 Å². The smallest absolute Gasteiger partial charge is 0.226 e. The zero-order chi connectivity index (χ0) is 20.4. The molecule has 2 unspecified atom stereocenters. The number of halogens is 1. The van der Waals surface area contributed by atoms with E-state index in [-0.39, 0.29) is 16.6 Å². The van der Waals surface area contributed by atoms with Crippen LogP contribution >= 0.6 is 0 Å². The Hall–Kier alpha value is -1.97. The van der Waals surface area contributed by atoms with Gasteiger partial charge in [0.15, 0.2) is 0 Å². The van der Waals surface area contributed by atoms with E-state index in [1.54, 1.807) is 6.07 Å². The molecule has 0 N–H and O–H groups in total. The molecule has 1 aliphatic heterocycles. The Labute approximate surface area is 173 Å². The largest absolute Gasteiger partial charge is 0.316 e. The number of aromatic nitrogens is 1. The second-order valence-corrected chi connectivity index (χ2v) is 9.96. The topological polar surface area (TPSA) is 33.2 Å². The Morgan fingerprint density at radius 3 is 2.72 bits per heavy atom. The number of hydrogen-bond acceptors (Lipinski definition) is 2. The lowest BCUT2D eigenvalue weighted by atomic mass is 9.49. The second-order valence-electron chi connectivity index (χ2n) is 9.96. The summed E-state index contributed by atoms with van der Waals surface area (Å²) in [6.45, 7) is 7.67. The van der Waals surface area contributed by atoms with Crippen LogP contribution in [0.25, 0.3) is 5.57 Å². The zero-order valence-electron chi connectivity index (χ0n) is 17.7. The summed E-state index contributed by atoms with van der Waals surface area (Å²) >= 11 is 0. The number of pyridine rings is 1. The van der Waals surface area contributed by atoms with Gasteiger partial charge in [-0.2, -0.15) is 0 Å². The third-order valence-electron chi connectivity index (χ3n) is 8.79. The lowest BCUT2D eigenvalue weighted by molar-refractivity contribution is -0.136. The number of fused-ring (bicyclic) bond motifs is 5. The molecule has 1 saturated heterocycles. The van der Waals surface area contributed by atoms with Gasteiger partial charge in [0, 0.05) is 30.3 Å². The lowest BCUT2D eigenvalue weighted by Crippen LogP contribution is -2.53. The number of carbonyl (C=O) groups excluding carboxylic acids is 1. The fourth-order valence-electron chi connectivity index (χ4n) is 7.37. The molecule has 1 aromatic heterocycles. The average molecular weight is 395 g/mol. The van der Waals surface area contributed by atoms with Crippen LogP contribution in [0.4, 0.5) is 4.39 Å². The molecule has 5 atom stereocenters. The first-order valence-electron chi connectivity index (χ1n) is 11.2. The van der Waals surface area contributed by atoms with Gasteiger partial charge in [0.05, 0.1) is 6.20 Å². The van der Waals surface area contributed by atoms with Gasteiger partial charge in [0.25, 0.3) is 0 Å². The molecule has 154 valence electrons. The van der Waals surface area contributed by atoms with Crippen molar-refractivity contribution in [2.75, 3.05) is 6.54 Å². The minimum absolute atomic E-state index is 0.0905. The van der Waals surface area contributed by atoms with E-state index in [2.05, 4.69) is 37.9 Å². The second kappa shape index (κ2) is 6.52. The quantitative estimate of drug-likeness (QED) is 0.655. The summed E-state index contributed by atoms with van der Waals surface area (Å²) < 4.78 is 13.8. The third kappa shape index (κ3) is 2.60. The van der Waals surface area contributed by atoms with Gasteiger partial charge in [-0.25, -0.2) is 4.39 Å². The van der Waals surface area contributed by atoms with E-state index in [1.165, 1.54) is 23.9 Å². The number of rotatable bonds is 2. The van der Waals surface area contributed by atoms with Crippen LogP contribution in [0.2, 0.25) is 0 Å². The molecule has 0 bridgehead atoms. The number of carbonyl (C=O) groups is 1. The third-order valence-corrected chi connectivity index (χ3v) is 8.79. The average Bonchev–Trinajstić information content (AvgIpc) is 3.06. The van der Waals surface area contributed by atoms with Gasteiger partial charge in [-0.05, 0) is 79.4 Å². The first-order chi connectivity index (χ1) is 13.9. The maximum absolute atomic E-state index is 13.8. The van der Waals surface area contributed by atoms with Crippen molar-refractivity contribution in [3.8, 4) is 0 Å². The summed E-state index contributed by atoms with van der Waals surface area (Å²) in [7, 11) is 0. The zero-order valence-corrected chi connectivity index (χ0v) is 17.7. The number of nitrogens with zero attached hydrogens (tertiary/aromatic N) is 2. The molecule has 0 aromatic carbocycles. The SMILES string of the molecule is CCN1C(=O)CCC2(C)C1=CC[C@H]1[C@H]3CC=C(c4cncc(F)c4)C3(C)CC[C@@H]12. The van der Waals surface area contributed by atoms with Gasteiger partial charge in [-0.15, -0.1) is 0 Å². The minimum Gasteiger partial charge on any atom is -0.316 e. The van der Waals surface area contributed by atoms with Crippen molar-refractivity contribution in [3.05, 3.63) is 47.7 Å². The monoisotopic (exact) mass is 394 g/mol. The van der Waals surface area contributed by atoms with E-state index in [9.17, 15) is 9.18 Å². The number of hydrogen-bond donors (Lipinski definition) is 0. The molecular weight excluding hydrogens is 363 g/mol. The van der Waals surface area contributed by atoms with Gasteiger partial charge >= 0.3 is 0 Å². The fraction of sp³-hybridized carbons (Fsp3) is 0.600. The maximum Gasteiger partial charge on any atom is 0.226 e. The van der Waals surface area contributed by atoms with Crippen molar-refractivity contribution in [1.82, 2.24) is 9.88 Å². The maximum atomic E-state index is 13.8. The lowest BCUT2D eigenvalue weighted by Gasteiger charge is -2.58. The Morgan fingerprint density at radius 1 is 1.14 bits per heavy atom. The first kappa shape index (κ1) is 19.0. The fourth-order valence-corrected chi connectivity index (χ4v) is 7.37. The number of piperidine rings is 1. The van der Waals surface area contributed by atoms with E-state index < -0.39 is 0 Å². The van der Waals surface area contributed by atoms with Crippen LogP contribution in [-0.2, 0) is 4.79 Å². The first-order valence-corrected chi connectivity index (χ1v) is 11.2. The summed E-state index contributed by atoms with van der Waals surface area (Å²) in [6, 6.07) is 1.64. The molecular formula is C25H31FN2O. The normalized spacial score (nSPS) is 38.7. The van der Waals surface area contributed by atoms with E-state index in [0.717, 1.165) is 37.8 Å². The van der Waals surface area contributed by atoms with Crippen molar-refractivity contribution < 1.29 is 9.18 Å². The molecule has 3 nitrogen and oxygen atoms in total. The summed E-state index contributed by atoms with van der Waals surface area (Å²) in [6.07, 6.45) is 13.9. The molecule has 3 aliphatic carbocycles. The van der Waals surface area contributed by atoms with Crippen LogP contribution in [0.3, 0.4) is 0 Å². The van der Waals surface area contributed by atoms with Crippen molar-refractivity contribution >= 4 is 11.5 Å². The van der Waals surface area contributed by atoms with Crippen LogP contribution in [0.1, 0.15) is 64.9 Å². The molecule has 0 radical (unpaired) electrons. The van der Waals surface area contributed by atoms with Crippen LogP contribution in [0.5, 0.6) is 0 Å². The molecule has 4 heteroatoms. The Morgan fingerprint density at radius 2 is 1.97 bits per heavy atom. The predicted molar refractivity (Wildman–Crippen MR) is 112 cm³/mol. The van der Waals surface area contributed by atoms with Crippen molar-refractivity contribution in [2.45, 2.75) is 59.3 Å². The van der Waals surface area contributed by atoms with E-state index >= 15 is 0 Å². The number of amides is 1. The van der Waals surface area contributed by atoms with Crippen molar-refractivity contribution in [1.29, 1.82) is 0 Å². The van der Waals surface area contributed by atoms with Gasteiger partial charge in [0.2, 0.25) is 5.91 Å². The number of likely N-dealkylation sites (tertiary alicyclic amines) is 1. The van der Waals surface area contributed by atoms with Gasteiger partial charge < -0.3 is 4.90 Å². The van der Waals surface area contributed by atoms with Crippen molar-refractivity contribution in [3.63, 3.8) is 0 Å². The molecule has 1 aromatic rings. The van der Waals surface area contributed by atoms with Crippen LogP contribution in [0.15, 0.2) is 36.3 Å². The minimum atomic E-state index is -0.256. The standard InChI is InChI=1S/C25H31FN2O/c1-4-28-22-8-5-18-20-7-6-19(16-13-17(26)15-27-14-16)24(20,2)11-9-21(18)25(22,3)12-10-23(28)29/h6,8,13-15,18,20-21H,4-5,7,9-12H2,1-3H3/t18-,20+,21-,24?,25?/m0/s1. The molecule has 2 heterocycles. The molecule has 0 spiro atoms. The predicted octanol–water partition coefficient (Wildman–Crippen LogP) is 5.59. The summed E-state index contributed by atoms with van der Waals surface area (Å²) in [5.41, 5.74) is 3.74. The summed E-state index contributed by atoms with van der Waals surface area (Å²) in [4.78, 5) is 18.6. The molecule has 5 rings (SSSR count). The highest BCUT2D eigenvalue weighted by Crippen LogP contribution is 2.66. The molecule has 29 heavy (non-hydrogen) atoms. The highest BCUT2D eigenvalue weighted by atomic mass is 19.1. The van der Waals surface area contributed by atoms with Crippen molar-refractivity contribution in [2.24, 2.45) is 28.6 Å². The number of allylic oxidation sites excluding steroid dienone is 4. The van der Waals surface area contributed by atoms with Gasteiger partial charge in [-0.3, -0.25) is 9.78 Å². The Kier molecular flexibility index (Phi) is 4.27. The summed E-state index contributed by atoms with van der Waals surface area (Å²) in [5.74, 6) is 1.87. The van der Waals surface area contributed by atoms with Crippen LogP contribution in [-0.4, -0.2) is 22.3 Å². The van der Waals surface area contributed by atoms with E-state index in [1.807, 2.05) is 11.1 Å². The van der Waals surface area contributed by atoms with Gasteiger partial charge in [-0.1, -0.05) is 26.0 Å². The highest BCUT2D eigenvalue weighted by Gasteiger charge is 2.57. The molecule has 4 aliphatic rings. The van der Waals surface area contributed by atoms with Gasteiger partial charge in [0.1, 0.15) is 5.82 Å². The van der Waals surface area contributed by atoms with Crippen LogP contribution < -0.4 is 0 Å². The summed E-state index contributed by atoms with van der Waals surface area (Å²) in [5, 5.41) is 0. The molecule has 2 fully saturated rings. The van der Waals surface area contributed by atoms with E-state index in [4.69, 9.17) is 0 Å². The molecule has 1 saturated carbocycles. The molecule has 1 amide bonds. The van der Waals surface area contributed by atoms with E-state index in [0.29, 0.717) is 30.1 Å². The Bertz CT molecular complexity index is 921. The Balaban J connectivity index is 1.49.